The van der Waals surface area contributed by atoms with Gasteiger partial charge < -0.3 is 10.0 Å². The van der Waals surface area contributed by atoms with Gasteiger partial charge in [0.1, 0.15) is 0 Å². The van der Waals surface area contributed by atoms with Crippen molar-refractivity contribution in [3.8, 4) is 10.4 Å². The van der Waals surface area contributed by atoms with Gasteiger partial charge >= 0.3 is 0 Å². The van der Waals surface area contributed by atoms with Gasteiger partial charge in [-0.2, -0.15) is 5.10 Å². The van der Waals surface area contributed by atoms with E-state index in [-0.39, 0.29) is 12.4 Å². The number of likely N-dealkylation sites (N-methyl/N-ethyl adjacent to an activating group) is 1. The molecular formula is C20H22N4O3S. The van der Waals surface area contributed by atoms with E-state index in [1.165, 1.54) is 10.4 Å². The molecule has 146 valence electrons. The Kier molecular flexibility index (Phi) is 4.91. The number of carbonyl (C=O) groups excluding carboxylic acids is 1. The van der Waals surface area contributed by atoms with Crippen LogP contribution in [0.1, 0.15) is 22.5 Å². The van der Waals surface area contributed by atoms with Crippen molar-refractivity contribution in [2.75, 3.05) is 20.1 Å². The average molecular weight is 398 g/mol. The molecule has 2 bridgehead atoms. The first kappa shape index (κ1) is 18.6. The first-order chi connectivity index (χ1) is 13.5. The molecule has 0 spiro atoms. The maximum absolute atomic E-state index is 13.1. The number of hydrogen-bond donors (Lipinski definition) is 2. The second kappa shape index (κ2) is 7.37. The number of likely N-dealkylation sites (tertiary alicyclic amines) is 2. The topological polar surface area (TPSA) is 89.5 Å². The highest BCUT2D eigenvalue weighted by atomic mass is 32.1. The van der Waals surface area contributed by atoms with Crippen LogP contribution in [-0.2, 0) is 4.79 Å². The minimum Gasteiger partial charge on any atom is -0.483 e. The summed E-state index contributed by atoms with van der Waals surface area (Å²) < 4.78 is 0. The number of nitrogens with zero attached hydrogens (tertiary/aromatic N) is 3. The molecule has 2 saturated heterocycles. The number of hydrogen-bond acceptors (Lipinski definition) is 5. The predicted octanol–water partition coefficient (Wildman–Crippen LogP) is 2.83. The third-order valence-electron chi connectivity index (χ3n) is 5.56. The van der Waals surface area contributed by atoms with Crippen LogP contribution < -0.4 is 0 Å². The number of benzene rings is 1. The van der Waals surface area contributed by atoms with E-state index in [0.717, 1.165) is 36.0 Å². The number of aromatic nitrogens is 2. The third kappa shape index (κ3) is 3.18. The Bertz CT molecular complexity index is 1030. The van der Waals surface area contributed by atoms with Gasteiger partial charge in [-0.25, -0.2) is 0 Å². The Labute approximate surface area is 166 Å². The van der Waals surface area contributed by atoms with E-state index in [0.29, 0.717) is 17.8 Å². The molecule has 0 radical (unpaired) electrons. The Hall–Kier alpha value is -2.71. The Morgan fingerprint density at radius 2 is 2.11 bits per heavy atom. The molecule has 0 unspecified atom stereocenters. The summed E-state index contributed by atoms with van der Waals surface area (Å²) in [6, 6.07) is 9.22. The lowest BCUT2D eigenvalue weighted by Gasteiger charge is -2.31. The van der Waals surface area contributed by atoms with Gasteiger partial charge in [0, 0.05) is 35.4 Å². The van der Waals surface area contributed by atoms with E-state index >= 15 is 0 Å². The molecule has 5 rings (SSSR count). The molecule has 0 aliphatic carbocycles. The van der Waals surface area contributed by atoms with E-state index in [4.69, 9.17) is 9.90 Å². The molecule has 2 aromatic heterocycles. The normalized spacial score (nSPS) is 21.0. The Balaban J connectivity index is 0.000000604. The van der Waals surface area contributed by atoms with Gasteiger partial charge in [0.2, 0.25) is 0 Å². The first-order valence-electron chi connectivity index (χ1n) is 9.14. The summed E-state index contributed by atoms with van der Waals surface area (Å²) in [5, 5.41) is 17.3. The quantitative estimate of drug-likeness (QED) is 0.648. The van der Waals surface area contributed by atoms with E-state index in [2.05, 4.69) is 52.6 Å². The van der Waals surface area contributed by atoms with Gasteiger partial charge in [0.25, 0.3) is 12.4 Å². The van der Waals surface area contributed by atoms with E-state index < -0.39 is 0 Å². The van der Waals surface area contributed by atoms with Crippen LogP contribution in [0.3, 0.4) is 0 Å². The van der Waals surface area contributed by atoms with E-state index in [1.54, 1.807) is 11.3 Å². The van der Waals surface area contributed by atoms with Crippen molar-refractivity contribution in [2.24, 2.45) is 0 Å². The van der Waals surface area contributed by atoms with Gasteiger partial charge in [-0.3, -0.25) is 19.6 Å². The molecule has 4 heterocycles. The van der Waals surface area contributed by atoms with Crippen molar-refractivity contribution < 1.29 is 14.7 Å². The lowest BCUT2D eigenvalue weighted by atomic mass is 10.1. The van der Waals surface area contributed by atoms with E-state index in [1.807, 2.05) is 11.0 Å². The maximum atomic E-state index is 13.1. The molecular weight excluding hydrogens is 376 g/mol. The van der Waals surface area contributed by atoms with Gasteiger partial charge in [0.05, 0.1) is 5.52 Å². The minimum atomic E-state index is -0.250. The minimum absolute atomic E-state index is 0.0614. The largest absolute Gasteiger partial charge is 0.483 e. The maximum Gasteiger partial charge on any atom is 0.290 e. The third-order valence-corrected chi connectivity index (χ3v) is 6.65. The molecule has 2 fully saturated rings. The van der Waals surface area contributed by atoms with Gasteiger partial charge in [-0.15, -0.1) is 11.3 Å². The highest BCUT2D eigenvalue weighted by Gasteiger charge is 2.44. The zero-order valence-electron chi connectivity index (χ0n) is 15.8. The summed E-state index contributed by atoms with van der Waals surface area (Å²) in [5.74, 6) is 0.0614. The molecule has 2 atom stereocenters. The zero-order chi connectivity index (χ0) is 19.8. The van der Waals surface area contributed by atoms with Crippen molar-refractivity contribution in [2.45, 2.75) is 25.4 Å². The number of rotatable bonds is 2. The number of nitrogens with one attached hydrogen (secondary N) is 1. The van der Waals surface area contributed by atoms with E-state index in [9.17, 15) is 4.79 Å². The standard InChI is InChI=1S/C19H20N4OS.CH2O2/c1-11-5-17(25-10-11)12-3-4-16-15(6-12)18(21-20-16)19(24)23-9-13-7-14(23)8-22(13)2;2-1-3/h3-6,10,13-14H,7-9H2,1-2H3,(H,20,21);1H,(H,2,3)/t13-,14-;/m0./s1. The second-order valence-corrected chi connectivity index (χ2v) is 8.28. The molecule has 1 aromatic carbocycles. The SMILES string of the molecule is Cc1csc(-c2ccc3[nH]nc(C(=O)N4C[C@@H]5C[C@H]4CN5C)c3c2)c1.O=CO. The second-order valence-electron chi connectivity index (χ2n) is 7.37. The van der Waals surface area contributed by atoms with Crippen LogP contribution >= 0.6 is 11.3 Å². The Morgan fingerprint density at radius 3 is 2.71 bits per heavy atom. The fourth-order valence-corrected chi connectivity index (χ4v) is 5.06. The van der Waals surface area contributed by atoms with Crippen LogP contribution in [-0.4, -0.2) is 69.7 Å². The van der Waals surface area contributed by atoms with Crippen molar-refractivity contribution in [1.82, 2.24) is 20.0 Å². The first-order valence-corrected chi connectivity index (χ1v) is 10.0. The molecule has 2 aliphatic heterocycles. The summed E-state index contributed by atoms with van der Waals surface area (Å²) >= 11 is 1.73. The van der Waals surface area contributed by atoms with Gasteiger partial charge in [-0.05, 0) is 55.1 Å². The summed E-state index contributed by atoms with van der Waals surface area (Å²) in [6.07, 6.45) is 1.09. The smallest absolute Gasteiger partial charge is 0.290 e. The highest BCUT2D eigenvalue weighted by molar-refractivity contribution is 7.13. The molecule has 1 amide bonds. The number of H-pyrrole nitrogens is 1. The van der Waals surface area contributed by atoms with Gasteiger partial charge in [0.15, 0.2) is 5.69 Å². The summed E-state index contributed by atoms with van der Waals surface area (Å²) in [6.45, 7) is 3.64. The highest BCUT2D eigenvalue weighted by Crippen LogP contribution is 2.33. The number of thiophene rings is 1. The summed E-state index contributed by atoms with van der Waals surface area (Å²) in [7, 11) is 2.14. The molecule has 8 heteroatoms. The average Bonchev–Trinajstić information content (AvgIpc) is 3.44. The fraction of sp³-hybridized carbons (Fsp3) is 0.350. The molecule has 0 saturated carbocycles. The number of aryl methyl sites for hydroxylation is 1. The summed E-state index contributed by atoms with van der Waals surface area (Å²) in [5.41, 5.74) is 3.88. The van der Waals surface area contributed by atoms with Crippen molar-refractivity contribution in [3.05, 3.63) is 40.9 Å². The van der Waals surface area contributed by atoms with Crippen molar-refractivity contribution in [1.29, 1.82) is 0 Å². The molecule has 2 aliphatic rings. The number of aromatic amines is 1. The monoisotopic (exact) mass is 398 g/mol. The van der Waals surface area contributed by atoms with Crippen LogP contribution in [0.25, 0.3) is 21.3 Å². The number of fused-ring (bicyclic) bond motifs is 3. The van der Waals surface area contributed by atoms with Crippen molar-refractivity contribution in [3.63, 3.8) is 0 Å². The number of carbonyl (C=O) groups is 2. The van der Waals surface area contributed by atoms with Crippen LogP contribution in [0.5, 0.6) is 0 Å². The van der Waals surface area contributed by atoms with Gasteiger partial charge in [-0.1, -0.05) is 6.07 Å². The van der Waals surface area contributed by atoms with Crippen LogP contribution in [0.15, 0.2) is 29.6 Å². The van der Waals surface area contributed by atoms with Crippen LogP contribution in [0, 0.1) is 6.92 Å². The molecule has 2 N–H and O–H groups in total. The number of piperazine rings is 1. The Morgan fingerprint density at radius 1 is 1.32 bits per heavy atom. The lowest BCUT2D eigenvalue weighted by molar-refractivity contribution is -0.122. The number of amides is 1. The van der Waals surface area contributed by atoms with Crippen molar-refractivity contribution >= 4 is 34.6 Å². The molecule has 3 aromatic rings. The molecule has 7 nitrogen and oxygen atoms in total. The zero-order valence-corrected chi connectivity index (χ0v) is 16.6. The fourth-order valence-electron chi connectivity index (χ4n) is 4.16. The van der Waals surface area contributed by atoms with Crippen LogP contribution in [0.2, 0.25) is 0 Å². The molecule has 28 heavy (non-hydrogen) atoms. The van der Waals surface area contributed by atoms with Crippen LogP contribution in [0.4, 0.5) is 0 Å². The number of carboxylic acid groups (broad SMARTS) is 1. The lowest BCUT2D eigenvalue weighted by Crippen LogP contribution is -2.47. The summed E-state index contributed by atoms with van der Waals surface area (Å²) in [4.78, 5) is 27.1. The predicted molar refractivity (Wildman–Crippen MR) is 109 cm³/mol.